The number of carbonyl (C=O) groups excluding carboxylic acids is 3. The van der Waals surface area contributed by atoms with Gasteiger partial charge in [-0.3, -0.25) is 19.7 Å². The quantitative estimate of drug-likeness (QED) is 0.166. The summed E-state index contributed by atoms with van der Waals surface area (Å²) in [6, 6.07) is 4.84. The number of carbonyl (C=O) groups is 3. The zero-order chi connectivity index (χ0) is 20.4. The number of non-ortho nitro benzene ring substituents is 1. The molecule has 0 N–H and O–H groups in total. The summed E-state index contributed by atoms with van der Waals surface area (Å²) in [6.07, 6.45) is -1.31. The second-order valence-corrected chi connectivity index (χ2v) is 6.26. The summed E-state index contributed by atoms with van der Waals surface area (Å²) in [6.45, 7) is 4.70. The highest BCUT2D eigenvalue weighted by molar-refractivity contribution is 5.77. The van der Waals surface area contributed by atoms with E-state index < -0.39 is 28.6 Å². The molecule has 10 nitrogen and oxygen atoms in total. The minimum Gasteiger partial charge on any atom is -0.462 e. The molecule has 0 radical (unpaired) electrons. The Morgan fingerprint density at radius 3 is 2.07 bits per heavy atom. The third-order valence-electron chi connectivity index (χ3n) is 2.77. The molecule has 0 fully saturated rings. The van der Waals surface area contributed by atoms with E-state index in [9.17, 15) is 24.5 Å². The molecule has 0 atom stereocenters. The summed E-state index contributed by atoms with van der Waals surface area (Å²) in [5.74, 6) is -1.07. The van der Waals surface area contributed by atoms with Crippen LogP contribution in [-0.2, 0) is 23.8 Å². The fourth-order valence-electron chi connectivity index (χ4n) is 1.71. The molecule has 0 saturated carbocycles. The molecule has 0 aliphatic heterocycles. The van der Waals surface area contributed by atoms with Gasteiger partial charge in [0.25, 0.3) is 5.69 Å². The highest BCUT2D eigenvalue weighted by Crippen LogP contribution is 2.17. The Morgan fingerprint density at radius 1 is 0.963 bits per heavy atom. The largest absolute Gasteiger partial charge is 0.513 e. The van der Waals surface area contributed by atoms with E-state index in [1.807, 2.05) is 0 Å². The van der Waals surface area contributed by atoms with E-state index in [0.29, 0.717) is 0 Å². The maximum absolute atomic E-state index is 11.5. The highest BCUT2D eigenvalue weighted by Gasteiger charge is 2.17. The molecule has 1 aromatic rings. The zero-order valence-corrected chi connectivity index (χ0v) is 15.3. The van der Waals surface area contributed by atoms with Crippen molar-refractivity contribution in [3.05, 3.63) is 34.4 Å². The first-order chi connectivity index (χ1) is 12.6. The van der Waals surface area contributed by atoms with Gasteiger partial charge in [0.05, 0.1) is 17.8 Å². The van der Waals surface area contributed by atoms with Crippen LogP contribution in [0.2, 0.25) is 0 Å². The summed E-state index contributed by atoms with van der Waals surface area (Å²) in [4.78, 5) is 44.3. The number of esters is 2. The van der Waals surface area contributed by atoms with Crippen LogP contribution in [0.1, 0.15) is 33.6 Å². The van der Waals surface area contributed by atoms with Gasteiger partial charge in [0, 0.05) is 12.1 Å². The van der Waals surface area contributed by atoms with Gasteiger partial charge in [-0.2, -0.15) is 0 Å². The van der Waals surface area contributed by atoms with Crippen LogP contribution in [0.3, 0.4) is 0 Å². The standard InChI is InChI=1S/C17H21NO9/c1-17(2,3)27-15(20)9-8-14(19)24-10-11-25-16(21)26-13-6-4-12(5-7-13)18(22)23/h4-7H,8-11H2,1-3H3. The number of rotatable bonds is 8. The fourth-order valence-corrected chi connectivity index (χ4v) is 1.71. The number of ether oxygens (including phenoxy) is 4. The number of nitro groups is 1. The number of hydrogen-bond acceptors (Lipinski definition) is 9. The van der Waals surface area contributed by atoms with Crippen LogP contribution in [0.5, 0.6) is 5.75 Å². The number of benzene rings is 1. The molecular weight excluding hydrogens is 362 g/mol. The van der Waals surface area contributed by atoms with E-state index in [2.05, 4.69) is 0 Å². The lowest BCUT2D eigenvalue weighted by molar-refractivity contribution is -0.384. The highest BCUT2D eigenvalue weighted by atomic mass is 16.7. The van der Waals surface area contributed by atoms with Crippen LogP contribution in [0.4, 0.5) is 10.5 Å². The lowest BCUT2D eigenvalue weighted by Crippen LogP contribution is -2.24. The van der Waals surface area contributed by atoms with Gasteiger partial charge < -0.3 is 18.9 Å². The molecule has 1 rings (SSSR count). The van der Waals surface area contributed by atoms with Crippen molar-refractivity contribution in [2.75, 3.05) is 13.2 Å². The number of nitrogens with zero attached hydrogens (tertiary/aromatic N) is 1. The average Bonchev–Trinajstić information content (AvgIpc) is 2.56. The molecule has 0 unspecified atom stereocenters. The van der Waals surface area contributed by atoms with Crippen LogP contribution in [0.25, 0.3) is 0 Å². The minimum absolute atomic E-state index is 0.0694. The molecule has 0 aromatic heterocycles. The summed E-state index contributed by atoms with van der Waals surface area (Å²) in [5, 5.41) is 10.5. The second kappa shape index (κ2) is 10.1. The second-order valence-electron chi connectivity index (χ2n) is 6.26. The monoisotopic (exact) mass is 383 g/mol. The predicted octanol–water partition coefficient (Wildman–Crippen LogP) is 2.78. The van der Waals surface area contributed by atoms with Gasteiger partial charge in [-0.1, -0.05) is 0 Å². The Morgan fingerprint density at radius 2 is 1.52 bits per heavy atom. The summed E-state index contributed by atoms with van der Waals surface area (Å²) < 4.78 is 19.4. The van der Waals surface area contributed by atoms with Gasteiger partial charge in [0.1, 0.15) is 24.6 Å². The summed E-state index contributed by atoms with van der Waals surface area (Å²) >= 11 is 0. The van der Waals surface area contributed by atoms with Crippen molar-refractivity contribution in [2.45, 2.75) is 39.2 Å². The van der Waals surface area contributed by atoms with Crippen molar-refractivity contribution in [1.82, 2.24) is 0 Å². The van der Waals surface area contributed by atoms with Crippen molar-refractivity contribution in [2.24, 2.45) is 0 Å². The van der Waals surface area contributed by atoms with E-state index >= 15 is 0 Å². The average molecular weight is 383 g/mol. The lowest BCUT2D eigenvalue weighted by Gasteiger charge is -2.19. The van der Waals surface area contributed by atoms with Crippen LogP contribution in [-0.4, -0.2) is 41.8 Å². The molecule has 148 valence electrons. The van der Waals surface area contributed by atoms with Gasteiger partial charge in [0.15, 0.2) is 0 Å². The van der Waals surface area contributed by atoms with Crippen molar-refractivity contribution in [3.63, 3.8) is 0 Å². The topological polar surface area (TPSA) is 131 Å². The van der Waals surface area contributed by atoms with Crippen LogP contribution in [0.15, 0.2) is 24.3 Å². The van der Waals surface area contributed by atoms with Crippen LogP contribution in [0, 0.1) is 10.1 Å². The first-order valence-electron chi connectivity index (χ1n) is 8.03. The molecular formula is C17H21NO9. The van der Waals surface area contributed by atoms with E-state index in [1.54, 1.807) is 20.8 Å². The smallest absolute Gasteiger partial charge is 0.462 e. The molecule has 0 spiro atoms. The zero-order valence-electron chi connectivity index (χ0n) is 15.3. The van der Waals surface area contributed by atoms with Gasteiger partial charge in [0.2, 0.25) is 0 Å². The van der Waals surface area contributed by atoms with E-state index in [1.165, 1.54) is 24.3 Å². The molecule has 0 amide bonds. The Hall–Kier alpha value is -3.17. The molecule has 0 heterocycles. The lowest BCUT2D eigenvalue weighted by atomic mass is 10.2. The van der Waals surface area contributed by atoms with Gasteiger partial charge in [-0.25, -0.2) is 4.79 Å². The predicted molar refractivity (Wildman–Crippen MR) is 91.1 cm³/mol. The molecule has 0 aliphatic carbocycles. The Bertz CT molecular complexity index is 677. The molecule has 1 aromatic carbocycles. The first-order valence-corrected chi connectivity index (χ1v) is 8.03. The third kappa shape index (κ3) is 9.78. The molecule has 0 saturated heterocycles. The molecule has 27 heavy (non-hydrogen) atoms. The first kappa shape index (κ1) is 21.9. The third-order valence-corrected chi connectivity index (χ3v) is 2.77. The van der Waals surface area contributed by atoms with Gasteiger partial charge in [-0.05, 0) is 32.9 Å². The van der Waals surface area contributed by atoms with E-state index in [-0.39, 0.29) is 37.5 Å². The van der Waals surface area contributed by atoms with Crippen LogP contribution >= 0.6 is 0 Å². The van der Waals surface area contributed by atoms with Crippen LogP contribution < -0.4 is 4.74 Å². The Kier molecular flexibility index (Phi) is 8.18. The van der Waals surface area contributed by atoms with Gasteiger partial charge in [-0.15, -0.1) is 0 Å². The van der Waals surface area contributed by atoms with Crippen molar-refractivity contribution in [1.29, 1.82) is 0 Å². The maximum Gasteiger partial charge on any atom is 0.513 e. The molecule has 0 bridgehead atoms. The minimum atomic E-state index is -1.05. The van der Waals surface area contributed by atoms with E-state index in [4.69, 9.17) is 18.9 Å². The normalized spacial score (nSPS) is 10.6. The Balaban J connectivity index is 2.19. The van der Waals surface area contributed by atoms with E-state index in [0.717, 1.165) is 0 Å². The van der Waals surface area contributed by atoms with Crippen molar-refractivity contribution < 1.29 is 38.3 Å². The van der Waals surface area contributed by atoms with Crippen molar-refractivity contribution in [3.8, 4) is 5.75 Å². The molecule has 10 heteroatoms. The van der Waals surface area contributed by atoms with Gasteiger partial charge >= 0.3 is 18.1 Å². The SMILES string of the molecule is CC(C)(C)OC(=O)CCC(=O)OCCOC(=O)Oc1ccc([N+](=O)[O-])cc1. The fraction of sp³-hybridized carbons (Fsp3) is 0.471. The van der Waals surface area contributed by atoms with Crippen molar-refractivity contribution >= 4 is 23.8 Å². The number of hydrogen-bond donors (Lipinski definition) is 0. The summed E-state index contributed by atoms with van der Waals surface area (Å²) in [5.41, 5.74) is -0.771. The number of nitro benzene ring substituents is 1. The Labute approximate surface area is 155 Å². The summed E-state index contributed by atoms with van der Waals surface area (Å²) in [7, 11) is 0. The molecule has 0 aliphatic rings. The maximum atomic E-state index is 11.5.